The van der Waals surface area contributed by atoms with Gasteiger partial charge in [-0.25, -0.2) is 0 Å². The van der Waals surface area contributed by atoms with E-state index in [-0.39, 0.29) is 11.5 Å². The quantitative estimate of drug-likeness (QED) is 0.928. The molecule has 1 N–H and O–H groups in total. The van der Waals surface area contributed by atoms with E-state index < -0.39 is 0 Å². The molecule has 2 aromatic rings. The zero-order valence-corrected chi connectivity index (χ0v) is 12.2. The van der Waals surface area contributed by atoms with Crippen LogP contribution in [0.15, 0.2) is 16.8 Å². The lowest BCUT2D eigenvalue weighted by molar-refractivity contribution is 0.549. The molecule has 0 saturated carbocycles. The smallest absolute Gasteiger partial charge is 0.0860 e. The molecule has 0 aliphatic rings. The summed E-state index contributed by atoms with van der Waals surface area (Å²) in [5.41, 5.74) is 2.41. The lowest BCUT2D eigenvalue weighted by Gasteiger charge is -2.21. The van der Waals surface area contributed by atoms with E-state index in [4.69, 9.17) is 0 Å². The van der Waals surface area contributed by atoms with Crippen molar-refractivity contribution in [3.8, 4) is 0 Å². The predicted octanol–water partition coefficient (Wildman–Crippen LogP) is 3.21. The van der Waals surface area contributed by atoms with Crippen LogP contribution in [0.3, 0.4) is 0 Å². The van der Waals surface area contributed by atoms with Crippen LogP contribution < -0.4 is 5.32 Å². The summed E-state index contributed by atoms with van der Waals surface area (Å²) in [7, 11) is 1.98. The molecule has 1 unspecified atom stereocenters. The Balaban J connectivity index is 2.42. The SMILES string of the molecule is CNC(c1ccsc1)c1snnc1C(C)(C)C. The van der Waals surface area contributed by atoms with Gasteiger partial charge in [-0.1, -0.05) is 25.3 Å². The standard InChI is InChI=1S/C12H17N3S2/c1-12(2,3)11-10(17-15-14-11)9(13-4)8-5-6-16-7-8/h5-7,9,13H,1-4H3. The molecular formula is C12H17N3S2. The molecule has 3 nitrogen and oxygen atoms in total. The average Bonchev–Trinajstić information content (AvgIpc) is 2.87. The Bertz CT molecular complexity index is 468. The van der Waals surface area contributed by atoms with Crippen molar-refractivity contribution >= 4 is 22.9 Å². The number of aromatic nitrogens is 2. The van der Waals surface area contributed by atoms with Gasteiger partial charge in [0.2, 0.25) is 0 Å². The van der Waals surface area contributed by atoms with Crippen molar-refractivity contribution in [2.75, 3.05) is 7.05 Å². The number of thiophene rings is 1. The maximum Gasteiger partial charge on any atom is 0.0860 e. The van der Waals surface area contributed by atoms with E-state index in [1.165, 1.54) is 22.0 Å². The molecule has 0 fully saturated rings. The van der Waals surface area contributed by atoms with Crippen LogP contribution in [0.4, 0.5) is 0 Å². The number of nitrogens with zero attached hydrogens (tertiary/aromatic N) is 2. The molecule has 1 atom stereocenters. The highest BCUT2D eigenvalue weighted by molar-refractivity contribution is 7.08. The molecular weight excluding hydrogens is 250 g/mol. The number of rotatable bonds is 3. The lowest BCUT2D eigenvalue weighted by atomic mass is 9.89. The highest BCUT2D eigenvalue weighted by Crippen LogP contribution is 2.33. The predicted molar refractivity (Wildman–Crippen MR) is 73.8 cm³/mol. The highest BCUT2D eigenvalue weighted by Gasteiger charge is 2.27. The lowest BCUT2D eigenvalue weighted by Crippen LogP contribution is -2.22. The molecule has 0 spiro atoms. The van der Waals surface area contributed by atoms with Gasteiger partial charge in [0.15, 0.2) is 0 Å². The summed E-state index contributed by atoms with van der Waals surface area (Å²) < 4.78 is 4.12. The van der Waals surface area contributed by atoms with Gasteiger partial charge in [-0.3, -0.25) is 0 Å². The fourth-order valence-electron chi connectivity index (χ4n) is 1.80. The van der Waals surface area contributed by atoms with Crippen LogP contribution in [0.2, 0.25) is 0 Å². The molecule has 0 aromatic carbocycles. The Labute approximate surface area is 110 Å². The zero-order valence-electron chi connectivity index (χ0n) is 10.5. The minimum Gasteiger partial charge on any atom is -0.309 e. The second-order valence-corrected chi connectivity index (χ2v) is 6.58. The Morgan fingerprint density at radius 3 is 2.65 bits per heavy atom. The molecule has 2 rings (SSSR count). The zero-order chi connectivity index (χ0) is 12.5. The third-order valence-electron chi connectivity index (χ3n) is 2.65. The van der Waals surface area contributed by atoms with Crippen molar-refractivity contribution in [1.82, 2.24) is 14.9 Å². The largest absolute Gasteiger partial charge is 0.309 e. The van der Waals surface area contributed by atoms with E-state index in [0.717, 1.165) is 5.69 Å². The van der Waals surface area contributed by atoms with Crippen molar-refractivity contribution in [3.05, 3.63) is 33.0 Å². The summed E-state index contributed by atoms with van der Waals surface area (Å²) in [6, 6.07) is 2.35. The summed E-state index contributed by atoms with van der Waals surface area (Å²) >= 11 is 3.21. The number of hydrogen-bond acceptors (Lipinski definition) is 5. The second kappa shape index (κ2) is 4.84. The molecule has 0 radical (unpaired) electrons. The van der Waals surface area contributed by atoms with Crippen LogP contribution >= 0.6 is 22.9 Å². The first-order valence-corrected chi connectivity index (χ1v) is 7.27. The first-order valence-electron chi connectivity index (χ1n) is 5.56. The minimum absolute atomic E-state index is 0.0352. The van der Waals surface area contributed by atoms with Crippen molar-refractivity contribution in [2.45, 2.75) is 32.2 Å². The van der Waals surface area contributed by atoms with Gasteiger partial charge < -0.3 is 5.32 Å². The van der Waals surface area contributed by atoms with Gasteiger partial charge in [0.25, 0.3) is 0 Å². The van der Waals surface area contributed by atoms with E-state index in [2.05, 4.69) is 52.5 Å². The van der Waals surface area contributed by atoms with Gasteiger partial charge in [-0.05, 0) is 41.0 Å². The first-order chi connectivity index (χ1) is 8.04. The van der Waals surface area contributed by atoms with Crippen LogP contribution in [0, 0.1) is 0 Å². The fraction of sp³-hybridized carbons (Fsp3) is 0.500. The normalized spacial score (nSPS) is 13.9. The Kier molecular flexibility index (Phi) is 3.61. The first kappa shape index (κ1) is 12.7. The molecule has 0 amide bonds. The van der Waals surface area contributed by atoms with E-state index in [1.807, 2.05) is 7.05 Å². The van der Waals surface area contributed by atoms with Crippen molar-refractivity contribution in [3.63, 3.8) is 0 Å². The van der Waals surface area contributed by atoms with Crippen LogP contribution in [-0.4, -0.2) is 16.6 Å². The maximum absolute atomic E-state index is 4.30. The van der Waals surface area contributed by atoms with Crippen LogP contribution in [0.25, 0.3) is 0 Å². The van der Waals surface area contributed by atoms with Crippen LogP contribution in [0.1, 0.15) is 42.9 Å². The van der Waals surface area contributed by atoms with E-state index >= 15 is 0 Å². The van der Waals surface area contributed by atoms with Crippen molar-refractivity contribution in [1.29, 1.82) is 0 Å². The maximum atomic E-state index is 4.30. The third-order valence-corrected chi connectivity index (χ3v) is 4.14. The summed E-state index contributed by atoms with van der Waals surface area (Å²) in [5, 5.41) is 11.9. The molecule has 5 heteroatoms. The molecule has 2 aromatic heterocycles. The van der Waals surface area contributed by atoms with E-state index in [1.54, 1.807) is 11.3 Å². The van der Waals surface area contributed by atoms with Gasteiger partial charge in [-0.2, -0.15) is 11.3 Å². The average molecular weight is 267 g/mol. The van der Waals surface area contributed by atoms with Crippen molar-refractivity contribution in [2.24, 2.45) is 0 Å². The van der Waals surface area contributed by atoms with Gasteiger partial charge in [-0.15, -0.1) is 5.10 Å². The number of nitrogens with one attached hydrogen (secondary N) is 1. The summed E-state index contributed by atoms with van der Waals surface area (Å²) in [4.78, 5) is 1.22. The van der Waals surface area contributed by atoms with E-state index in [0.29, 0.717) is 0 Å². The Morgan fingerprint density at radius 2 is 2.12 bits per heavy atom. The van der Waals surface area contributed by atoms with E-state index in [9.17, 15) is 0 Å². The Hall–Kier alpha value is -0.780. The highest BCUT2D eigenvalue weighted by atomic mass is 32.1. The van der Waals surface area contributed by atoms with Gasteiger partial charge >= 0.3 is 0 Å². The molecule has 2 heterocycles. The van der Waals surface area contributed by atoms with Gasteiger partial charge in [0.05, 0.1) is 16.6 Å². The van der Waals surface area contributed by atoms with Crippen molar-refractivity contribution < 1.29 is 0 Å². The fourth-order valence-corrected chi connectivity index (χ4v) is 3.48. The topological polar surface area (TPSA) is 37.8 Å². The molecule has 0 aliphatic carbocycles. The molecule has 0 bridgehead atoms. The molecule has 92 valence electrons. The summed E-state index contributed by atoms with van der Waals surface area (Å²) in [5.74, 6) is 0. The summed E-state index contributed by atoms with van der Waals surface area (Å²) in [6.45, 7) is 6.52. The number of hydrogen-bond donors (Lipinski definition) is 1. The molecule has 17 heavy (non-hydrogen) atoms. The molecule has 0 saturated heterocycles. The second-order valence-electron chi connectivity index (χ2n) is 5.01. The summed E-state index contributed by atoms with van der Waals surface area (Å²) in [6.07, 6.45) is 0. The monoisotopic (exact) mass is 267 g/mol. The molecule has 0 aliphatic heterocycles. The van der Waals surface area contributed by atoms with Crippen LogP contribution in [0.5, 0.6) is 0 Å². The van der Waals surface area contributed by atoms with Gasteiger partial charge in [0.1, 0.15) is 0 Å². The van der Waals surface area contributed by atoms with Gasteiger partial charge in [0, 0.05) is 5.41 Å². The van der Waals surface area contributed by atoms with Crippen LogP contribution in [-0.2, 0) is 5.41 Å². The Morgan fingerprint density at radius 1 is 1.35 bits per heavy atom. The minimum atomic E-state index is 0.0352. The third kappa shape index (κ3) is 2.56.